The Hall–Kier alpha value is -2.81. The maximum absolute atomic E-state index is 14.6. The van der Waals surface area contributed by atoms with Crippen molar-refractivity contribution in [1.29, 1.82) is 0 Å². The average molecular weight is 446 g/mol. The van der Waals surface area contributed by atoms with Crippen LogP contribution in [0.15, 0.2) is 36.5 Å². The first-order chi connectivity index (χ1) is 15.4. The normalized spacial score (nSPS) is 21.5. The number of nitrogens with one attached hydrogen (secondary N) is 1. The lowest BCUT2D eigenvalue weighted by Crippen LogP contribution is -2.61. The third-order valence-electron chi connectivity index (χ3n) is 6.69. The predicted molar refractivity (Wildman–Crippen MR) is 114 cm³/mol. The highest BCUT2D eigenvalue weighted by molar-refractivity contribution is 5.99. The Morgan fingerprint density at radius 2 is 1.78 bits per heavy atom. The van der Waals surface area contributed by atoms with Crippen molar-refractivity contribution in [3.8, 4) is 11.1 Å². The zero-order valence-electron chi connectivity index (χ0n) is 17.6. The van der Waals surface area contributed by atoms with Gasteiger partial charge in [-0.2, -0.15) is 0 Å². The van der Waals surface area contributed by atoms with Crippen LogP contribution >= 0.6 is 0 Å². The van der Waals surface area contributed by atoms with Crippen molar-refractivity contribution in [3.63, 3.8) is 0 Å². The highest BCUT2D eigenvalue weighted by atomic mass is 19.3. The van der Waals surface area contributed by atoms with Crippen LogP contribution in [0.5, 0.6) is 0 Å². The van der Waals surface area contributed by atoms with Crippen molar-refractivity contribution in [3.05, 3.63) is 42.3 Å². The van der Waals surface area contributed by atoms with E-state index in [1.807, 2.05) is 0 Å². The van der Waals surface area contributed by atoms with Crippen molar-refractivity contribution in [2.45, 2.75) is 25.2 Å². The largest absolute Gasteiger partial charge is 0.381 e. The predicted octanol–water partition coefficient (Wildman–Crippen LogP) is 4.38. The van der Waals surface area contributed by atoms with Crippen molar-refractivity contribution < 1.29 is 22.7 Å². The minimum absolute atomic E-state index is 0.0960. The molecule has 1 spiro atoms. The lowest BCUT2D eigenvalue weighted by atomic mass is 9.73. The molecule has 1 aromatic heterocycles. The molecule has 170 valence electrons. The molecular weight excluding hydrogens is 421 g/mol. The van der Waals surface area contributed by atoms with E-state index in [0.29, 0.717) is 31.9 Å². The van der Waals surface area contributed by atoms with Crippen LogP contribution in [0.2, 0.25) is 0 Å². The lowest BCUT2D eigenvalue weighted by molar-refractivity contribution is -0.0596. The molecule has 0 saturated carbocycles. The molecule has 1 aromatic carbocycles. The van der Waals surface area contributed by atoms with Crippen molar-refractivity contribution in [2.75, 3.05) is 49.6 Å². The van der Waals surface area contributed by atoms with E-state index in [-0.39, 0.29) is 41.5 Å². The Labute approximate surface area is 184 Å². The highest BCUT2D eigenvalue weighted by Gasteiger charge is 2.46. The van der Waals surface area contributed by atoms with Crippen LogP contribution in [0, 0.1) is 11.2 Å². The summed E-state index contributed by atoms with van der Waals surface area (Å²) in [7, 11) is 0. The van der Waals surface area contributed by atoms with Crippen LogP contribution in [0.3, 0.4) is 0 Å². The number of ether oxygens (including phenoxy) is 1. The number of aromatic nitrogens is 1. The number of benzene rings is 1. The number of halogens is 3. The van der Waals surface area contributed by atoms with Crippen LogP contribution in [0.25, 0.3) is 11.1 Å². The summed E-state index contributed by atoms with van der Waals surface area (Å²) < 4.78 is 47.9. The Bertz CT molecular complexity index is 1020. The Balaban J connectivity index is 1.45. The van der Waals surface area contributed by atoms with E-state index in [1.165, 1.54) is 17.2 Å². The van der Waals surface area contributed by atoms with Crippen LogP contribution in [-0.2, 0) is 4.74 Å². The third-order valence-corrected chi connectivity index (χ3v) is 6.69. The van der Waals surface area contributed by atoms with Gasteiger partial charge >= 0.3 is 6.03 Å². The molecule has 3 aliphatic heterocycles. The van der Waals surface area contributed by atoms with E-state index in [9.17, 15) is 18.0 Å². The molecule has 3 fully saturated rings. The molecule has 0 unspecified atom stereocenters. The van der Waals surface area contributed by atoms with Gasteiger partial charge in [-0.1, -0.05) is 18.2 Å². The first-order valence-electron chi connectivity index (χ1n) is 10.9. The van der Waals surface area contributed by atoms with Gasteiger partial charge in [-0.05, 0) is 25.0 Å². The number of amides is 2. The number of urea groups is 1. The van der Waals surface area contributed by atoms with Gasteiger partial charge in [-0.3, -0.25) is 0 Å². The molecular formula is C23H25F3N4O2. The summed E-state index contributed by atoms with van der Waals surface area (Å²) in [6.07, 6.45) is 3.00. The molecule has 3 saturated heterocycles. The fourth-order valence-electron chi connectivity index (χ4n) is 4.85. The maximum Gasteiger partial charge on any atom is 0.322 e. The van der Waals surface area contributed by atoms with E-state index in [4.69, 9.17) is 4.74 Å². The Kier molecular flexibility index (Phi) is 5.23. The summed E-state index contributed by atoms with van der Waals surface area (Å²) >= 11 is 0. The second kappa shape index (κ2) is 7.95. The molecule has 3 aliphatic rings. The maximum atomic E-state index is 14.6. The number of nitrogens with zero attached hydrogens (tertiary/aromatic N) is 3. The average Bonchev–Trinajstić information content (AvgIpc) is 3.12. The number of anilines is 2. The van der Waals surface area contributed by atoms with Gasteiger partial charge in [0.15, 0.2) is 5.82 Å². The van der Waals surface area contributed by atoms with E-state index in [0.717, 1.165) is 12.8 Å². The molecule has 0 aliphatic carbocycles. The summed E-state index contributed by atoms with van der Waals surface area (Å²) in [5, 5.41) is 2.87. The van der Waals surface area contributed by atoms with E-state index in [1.54, 1.807) is 29.2 Å². The molecule has 9 heteroatoms. The second-order valence-electron chi connectivity index (χ2n) is 8.96. The monoisotopic (exact) mass is 446 g/mol. The molecule has 1 N–H and O–H groups in total. The molecule has 0 atom stereocenters. The molecule has 5 rings (SSSR count). The van der Waals surface area contributed by atoms with Crippen LogP contribution in [0.1, 0.15) is 19.3 Å². The van der Waals surface area contributed by atoms with Gasteiger partial charge in [0.05, 0.1) is 12.2 Å². The van der Waals surface area contributed by atoms with Crippen LogP contribution in [0.4, 0.5) is 29.5 Å². The molecule has 2 aromatic rings. The van der Waals surface area contributed by atoms with Gasteiger partial charge in [0, 0.05) is 62.0 Å². The topological polar surface area (TPSA) is 57.7 Å². The van der Waals surface area contributed by atoms with Crippen molar-refractivity contribution in [1.82, 2.24) is 9.88 Å². The first-order valence-corrected chi connectivity index (χ1v) is 10.9. The molecule has 0 radical (unpaired) electrons. The number of pyridine rings is 1. The minimum atomic E-state index is -2.83. The van der Waals surface area contributed by atoms with Crippen molar-refractivity contribution >= 4 is 17.5 Å². The fraction of sp³-hybridized carbons (Fsp3) is 0.478. The number of rotatable bonds is 3. The van der Waals surface area contributed by atoms with Crippen molar-refractivity contribution in [2.24, 2.45) is 5.41 Å². The SMILES string of the molecule is O=C(Nc1c(-c2ccccc2F)ccnc1N1CCC(F)(F)C1)N1CC2(CCOCC2)C1. The third kappa shape index (κ3) is 3.90. The molecule has 2 amide bonds. The number of hydrogen-bond acceptors (Lipinski definition) is 4. The molecule has 0 bridgehead atoms. The number of hydrogen-bond donors (Lipinski definition) is 1. The van der Waals surface area contributed by atoms with Crippen LogP contribution < -0.4 is 10.2 Å². The van der Waals surface area contributed by atoms with Gasteiger partial charge in [0.1, 0.15) is 5.82 Å². The standard InChI is InChI=1S/C23H25F3N4O2/c24-18-4-2-1-3-16(18)17-5-9-27-20(29-10-6-23(25,26)15-29)19(17)28-21(31)30-13-22(14-30)7-11-32-12-8-22/h1-5,9H,6-8,10-15H2,(H,28,31). The van der Waals surface area contributed by atoms with Gasteiger partial charge in [0.25, 0.3) is 5.92 Å². The first kappa shape index (κ1) is 21.1. The Morgan fingerprint density at radius 3 is 2.47 bits per heavy atom. The highest BCUT2D eigenvalue weighted by Crippen LogP contribution is 2.42. The zero-order chi connectivity index (χ0) is 22.3. The summed E-state index contributed by atoms with van der Waals surface area (Å²) in [5.41, 5.74) is 1.05. The number of alkyl halides is 2. The second-order valence-corrected chi connectivity index (χ2v) is 8.96. The zero-order valence-corrected chi connectivity index (χ0v) is 17.6. The summed E-state index contributed by atoms with van der Waals surface area (Å²) in [5.74, 6) is -3.06. The van der Waals surface area contributed by atoms with Gasteiger partial charge < -0.3 is 19.9 Å². The lowest BCUT2D eigenvalue weighted by Gasteiger charge is -2.51. The number of carbonyl (C=O) groups excluding carboxylic acids is 1. The van der Waals surface area contributed by atoms with Gasteiger partial charge in [-0.15, -0.1) is 0 Å². The van der Waals surface area contributed by atoms with E-state index < -0.39 is 18.3 Å². The quantitative estimate of drug-likeness (QED) is 0.761. The number of likely N-dealkylation sites (tertiary alicyclic amines) is 1. The summed E-state index contributed by atoms with van der Waals surface area (Å²) in [6, 6.07) is 7.46. The van der Waals surface area contributed by atoms with E-state index in [2.05, 4.69) is 10.3 Å². The summed E-state index contributed by atoms with van der Waals surface area (Å²) in [4.78, 5) is 20.5. The molecule has 6 nitrogen and oxygen atoms in total. The minimum Gasteiger partial charge on any atom is -0.381 e. The molecule has 4 heterocycles. The fourth-order valence-corrected chi connectivity index (χ4v) is 4.85. The Morgan fingerprint density at radius 1 is 1.03 bits per heavy atom. The summed E-state index contributed by atoms with van der Waals surface area (Å²) in [6.45, 7) is 2.25. The van der Waals surface area contributed by atoms with Gasteiger partial charge in [0.2, 0.25) is 0 Å². The van der Waals surface area contributed by atoms with Crippen LogP contribution in [-0.4, -0.2) is 61.2 Å². The number of carbonyl (C=O) groups is 1. The van der Waals surface area contributed by atoms with E-state index >= 15 is 0 Å². The smallest absolute Gasteiger partial charge is 0.322 e. The molecule has 32 heavy (non-hydrogen) atoms. The van der Waals surface area contributed by atoms with Gasteiger partial charge in [-0.25, -0.2) is 22.9 Å².